The summed E-state index contributed by atoms with van der Waals surface area (Å²) in [5, 5.41) is 9.82. The molecular weight excluding hydrogens is 480 g/mol. The van der Waals surface area contributed by atoms with Crippen molar-refractivity contribution in [3.05, 3.63) is 41.3 Å². The van der Waals surface area contributed by atoms with Crippen molar-refractivity contribution in [1.82, 2.24) is 8.87 Å². The van der Waals surface area contributed by atoms with Gasteiger partial charge < -0.3 is 9.64 Å². The molecule has 1 amide bonds. The summed E-state index contributed by atoms with van der Waals surface area (Å²) in [6, 6.07) is 6.75. The molecular formula is C19H19FIN3O2S. The highest BCUT2D eigenvalue weighted by Crippen LogP contribution is 2.37. The van der Waals surface area contributed by atoms with Gasteiger partial charge in [-0.05, 0) is 51.0 Å². The van der Waals surface area contributed by atoms with Crippen LogP contribution in [0, 0.1) is 17.1 Å². The van der Waals surface area contributed by atoms with Crippen molar-refractivity contribution in [2.75, 3.05) is 13.1 Å². The van der Waals surface area contributed by atoms with Crippen molar-refractivity contribution in [2.24, 2.45) is 0 Å². The van der Waals surface area contributed by atoms with Crippen LogP contribution in [-0.2, 0) is 4.74 Å². The molecule has 0 atom stereocenters. The Morgan fingerprint density at radius 1 is 1.41 bits per heavy atom. The van der Waals surface area contributed by atoms with Crippen LogP contribution in [0.5, 0.6) is 0 Å². The Balaban J connectivity index is 1.94. The van der Waals surface area contributed by atoms with E-state index in [9.17, 15) is 14.4 Å². The topological polar surface area (TPSA) is 58.3 Å². The van der Waals surface area contributed by atoms with Crippen LogP contribution in [0.1, 0.15) is 38.4 Å². The lowest BCUT2D eigenvalue weighted by molar-refractivity contribution is 0.0270. The molecule has 0 fully saturated rings. The minimum Gasteiger partial charge on any atom is -0.444 e. The molecule has 0 unspecified atom stereocenters. The highest BCUT2D eigenvalue weighted by Gasteiger charge is 2.26. The predicted molar refractivity (Wildman–Crippen MR) is 114 cm³/mol. The summed E-state index contributed by atoms with van der Waals surface area (Å²) in [5.74, 6) is -0.346. The monoisotopic (exact) mass is 499 g/mol. The highest BCUT2D eigenvalue weighted by molar-refractivity contribution is 14.2. The lowest BCUT2D eigenvalue weighted by atomic mass is 10.0. The average molecular weight is 499 g/mol. The number of fused-ring (bicyclic) bond motifs is 1. The number of nitriles is 1. The number of carbonyl (C=O) groups excluding carboxylic acids is 1. The van der Waals surface area contributed by atoms with Gasteiger partial charge in [0.2, 0.25) is 0 Å². The number of halogens is 2. The van der Waals surface area contributed by atoms with E-state index in [1.807, 2.05) is 30.8 Å². The summed E-state index contributed by atoms with van der Waals surface area (Å²) in [7, 11) is 1.40. The van der Waals surface area contributed by atoms with E-state index in [2.05, 4.69) is 27.3 Å². The minimum atomic E-state index is -0.531. The third kappa shape index (κ3) is 4.09. The predicted octanol–water partition coefficient (Wildman–Crippen LogP) is 5.52. The van der Waals surface area contributed by atoms with Gasteiger partial charge in [-0.2, -0.15) is 5.26 Å². The van der Waals surface area contributed by atoms with Crippen molar-refractivity contribution >= 4 is 52.9 Å². The SMILES string of the molecule is CC(C)(C)OC(=O)N1CC=C(c2cc3c(F)ccc(C#N)c3n2SI)CC1. The van der Waals surface area contributed by atoms with E-state index in [1.165, 1.54) is 21.3 Å². The van der Waals surface area contributed by atoms with Crippen LogP contribution in [0.3, 0.4) is 0 Å². The van der Waals surface area contributed by atoms with Crippen molar-refractivity contribution in [3.63, 3.8) is 0 Å². The summed E-state index contributed by atoms with van der Waals surface area (Å²) < 4.78 is 21.6. The normalized spacial score (nSPS) is 14.8. The fraction of sp³-hybridized carbons (Fsp3) is 0.368. The van der Waals surface area contributed by atoms with Gasteiger partial charge in [0.05, 0.1) is 16.8 Å². The number of ether oxygens (including phenoxy) is 1. The van der Waals surface area contributed by atoms with E-state index >= 15 is 0 Å². The largest absolute Gasteiger partial charge is 0.444 e. The Morgan fingerprint density at radius 2 is 2.15 bits per heavy atom. The van der Waals surface area contributed by atoms with Gasteiger partial charge in [-0.3, -0.25) is 3.97 Å². The molecule has 0 saturated carbocycles. The average Bonchev–Trinajstić information content (AvgIpc) is 3.01. The zero-order chi connectivity index (χ0) is 19.8. The molecule has 1 aromatic heterocycles. The molecule has 1 aliphatic heterocycles. The molecule has 0 spiro atoms. The van der Waals surface area contributed by atoms with Crippen molar-refractivity contribution in [1.29, 1.82) is 5.26 Å². The van der Waals surface area contributed by atoms with Crippen molar-refractivity contribution in [2.45, 2.75) is 32.8 Å². The number of amides is 1. The van der Waals surface area contributed by atoms with Gasteiger partial charge in [-0.15, -0.1) is 0 Å². The fourth-order valence-corrected chi connectivity index (χ4v) is 4.77. The highest BCUT2D eigenvalue weighted by atomic mass is 127. The number of hydrogen-bond acceptors (Lipinski definition) is 4. The molecule has 1 aliphatic rings. The maximum atomic E-state index is 14.3. The van der Waals surface area contributed by atoms with Gasteiger partial charge in [-0.1, -0.05) is 6.08 Å². The Bertz CT molecular complexity index is 972. The lowest BCUT2D eigenvalue weighted by Gasteiger charge is -2.29. The van der Waals surface area contributed by atoms with Crippen molar-refractivity contribution < 1.29 is 13.9 Å². The first-order chi connectivity index (χ1) is 12.7. The lowest BCUT2D eigenvalue weighted by Crippen LogP contribution is -2.39. The molecule has 27 heavy (non-hydrogen) atoms. The second kappa shape index (κ2) is 7.72. The molecule has 2 aromatic rings. The molecule has 142 valence electrons. The molecule has 5 nitrogen and oxygen atoms in total. The van der Waals surface area contributed by atoms with Gasteiger partial charge in [0.1, 0.15) is 17.5 Å². The van der Waals surface area contributed by atoms with Crippen LogP contribution < -0.4 is 0 Å². The number of rotatable bonds is 2. The van der Waals surface area contributed by atoms with E-state index in [0.717, 1.165) is 11.3 Å². The van der Waals surface area contributed by atoms with Crippen LogP contribution in [-0.4, -0.2) is 33.7 Å². The van der Waals surface area contributed by atoms with Crippen LogP contribution in [0.4, 0.5) is 9.18 Å². The number of aromatic nitrogens is 1. The van der Waals surface area contributed by atoms with Gasteiger partial charge in [0.25, 0.3) is 0 Å². The quantitative estimate of drug-likeness (QED) is 0.511. The number of benzene rings is 1. The Hall–Kier alpha value is -1.73. The van der Waals surface area contributed by atoms with Gasteiger partial charge in [-0.25, -0.2) is 9.18 Å². The molecule has 2 heterocycles. The summed E-state index contributed by atoms with van der Waals surface area (Å²) in [5.41, 5.74) is 2.38. The zero-order valence-electron chi connectivity index (χ0n) is 15.3. The van der Waals surface area contributed by atoms with E-state index < -0.39 is 5.60 Å². The van der Waals surface area contributed by atoms with Crippen LogP contribution in [0.15, 0.2) is 24.3 Å². The molecule has 8 heteroatoms. The van der Waals surface area contributed by atoms with Gasteiger partial charge in [0.15, 0.2) is 0 Å². The number of hydrogen-bond donors (Lipinski definition) is 0. The molecule has 0 radical (unpaired) electrons. The first kappa shape index (κ1) is 20.0. The van der Waals surface area contributed by atoms with E-state index in [1.54, 1.807) is 11.0 Å². The second-order valence-electron chi connectivity index (χ2n) is 7.27. The molecule has 0 aliphatic carbocycles. The van der Waals surface area contributed by atoms with E-state index in [-0.39, 0.29) is 11.9 Å². The first-order valence-electron chi connectivity index (χ1n) is 8.45. The molecule has 0 N–H and O–H groups in total. The molecule has 1 aromatic carbocycles. The number of nitrogens with zero attached hydrogens (tertiary/aromatic N) is 3. The van der Waals surface area contributed by atoms with Crippen LogP contribution >= 0.6 is 30.3 Å². The molecule has 0 saturated heterocycles. The summed E-state index contributed by atoms with van der Waals surface area (Å²) in [6.45, 7) is 6.49. The summed E-state index contributed by atoms with van der Waals surface area (Å²) in [6.07, 6.45) is 2.27. The van der Waals surface area contributed by atoms with Crippen LogP contribution in [0.25, 0.3) is 16.5 Å². The Kier molecular flexibility index (Phi) is 5.72. The molecule has 0 bridgehead atoms. The Labute approximate surface area is 173 Å². The van der Waals surface area contributed by atoms with Crippen LogP contribution in [0.2, 0.25) is 0 Å². The maximum Gasteiger partial charge on any atom is 0.410 e. The number of carbonyl (C=O) groups is 1. The minimum absolute atomic E-state index is 0.334. The maximum absolute atomic E-state index is 14.3. The Morgan fingerprint density at radius 3 is 2.70 bits per heavy atom. The second-order valence-corrected chi connectivity index (χ2v) is 8.95. The third-order valence-corrected chi connectivity index (χ3v) is 5.95. The third-order valence-electron chi connectivity index (χ3n) is 4.25. The molecule has 3 rings (SSSR count). The van der Waals surface area contributed by atoms with E-state index in [0.29, 0.717) is 36.0 Å². The van der Waals surface area contributed by atoms with E-state index in [4.69, 9.17) is 4.74 Å². The summed E-state index contributed by atoms with van der Waals surface area (Å²) >= 11 is 2.13. The first-order valence-corrected chi connectivity index (χ1v) is 11.8. The van der Waals surface area contributed by atoms with Gasteiger partial charge >= 0.3 is 6.09 Å². The fourth-order valence-electron chi connectivity index (χ4n) is 3.03. The zero-order valence-corrected chi connectivity index (χ0v) is 18.2. The summed E-state index contributed by atoms with van der Waals surface area (Å²) in [4.78, 5) is 13.9. The van der Waals surface area contributed by atoms with Crippen molar-refractivity contribution in [3.8, 4) is 6.07 Å². The van der Waals surface area contributed by atoms with Gasteiger partial charge in [0, 0.05) is 48.8 Å². The standard InChI is InChI=1S/C19H19FIN3O2S/c1-19(2,3)26-18(25)23-8-6-12(7-9-23)16-10-14-15(20)5-4-13(11-22)17(14)24(16)27-21/h4-6,10H,7-9H2,1-3H3. The smallest absolute Gasteiger partial charge is 0.410 e.